The molecular weight excluding hydrogens is 205 g/mol. The summed E-state index contributed by atoms with van der Waals surface area (Å²) in [7, 11) is 1.52. The molecule has 0 spiro atoms. The van der Waals surface area contributed by atoms with Crippen molar-refractivity contribution in [1.29, 1.82) is 0 Å². The fourth-order valence-electron chi connectivity index (χ4n) is 1.49. The molecule has 4 heteroatoms. The monoisotopic (exact) mass is 215 g/mol. The van der Waals surface area contributed by atoms with Gasteiger partial charge in [0, 0.05) is 13.1 Å². The van der Waals surface area contributed by atoms with Crippen LogP contribution in [0.25, 0.3) is 0 Å². The van der Waals surface area contributed by atoms with Crippen LogP contribution in [0.4, 0.5) is 4.39 Å². The average Bonchev–Trinajstić information content (AvgIpc) is 2.15. The van der Waals surface area contributed by atoms with Gasteiger partial charge in [-0.1, -0.05) is 17.7 Å². The first-order valence-electron chi connectivity index (χ1n) is 4.39. The number of alkyl halides is 1. The van der Waals surface area contributed by atoms with Gasteiger partial charge in [0.15, 0.2) is 5.67 Å². The maximum atomic E-state index is 13.9. The minimum Gasteiger partial charge on any atom is -0.495 e. The smallest absolute Gasteiger partial charge is 0.160 e. The quantitative estimate of drug-likeness (QED) is 0.816. The number of hydrogen-bond donors (Lipinski definition) is 1. The highest BCUT2D eigenvalue weighted by Crippen LogP contribution is 2.34. The highest BCUT2D eigenvalue weighted by Gasteiger charge is 2.39. The Labute approximate surface area is 87.0 Å². The molecule has 1 heterocycles. The number of ether oxygens (including phenoxy) is 1. The van der Waals surface area contributed by atoms with Gasteiger partial charge in [-0.2, -0.15) is 0 Å². The van der Waals surface area contributed by atoms with E-state index in [1.165, 1.54) is 7.11 Å². The Morgan fingerprint density at radius 1 is 1.50 bits per heavy atom. The van der Waals surface area contributed by atoms with Gasteiger partial charge in [-0.25, -0.2) is 4.39 Å². The summed E-state index contributed by atoms with van der Waals surface area (Å²) in [5, 5.41) is 3.41. The lowest BCUT2D eigenvalue weighted by Crippen LogP contribution is -2.53. The number of rotatable bonds is 2. The minimum absolute atomic E-state index is 0.359. The van der Waals surface area contributed by atoms with Crippen molar-refractivity contribution in [2.75, 3.05) is 20.2 Å². The van der Waals surface area contributed by atoms with E-state index in [-0.39, 0.29) is 0 Å². The van der Waals surface area contributed by atoms with Crippen LogP contribution in [-0.4, -0.2) is 20.2 Å². The maximum Gasteiger partial charge on any atom is 0.160 e. The molecule has 1 saturated heterocycles. The summed E-state index contributed by atoms with van der Waals surface area (Å²) in [6, 6.07) is 5.02. The van der Waals surface area contributed by atoms with Crippen molar-refractivity contribution >= 4 is 11.6 Å². The van der Waals surface area contributed by atoms with E-state index in [4.69, 9.17) is 16.3 Å². The van der Waals surface area contributed by atoms with E-state index in [0.29, 0.717) is 29.4 Å². The van der Waals surface area contributed by atoms with Gasteiger partial charge in [-0.05, 0) is 17.7 Å². The fraction of sp³-hybridized carbons (Fsp3) is 0.400. The van der Waals surface area contributed by atoms with E-state index in [9.17, 15) is 4.39 Å². The van der Waals surface area contributed by atoms with E-state index in [1.54, 1.807) is 18.2 Å². The highest BCUT2D eigenvalue weighted by atomic mass is 35.5. The molecule has 0 amide bonds. The molecule has 1 aromatic carbocycles. The molecule has 1 aliphatic rings. The third-order valence-corrected chi connectivity index (χ3v) is 2.79. The summed E-state index contributed by atoms with van der Waals surface area (Å²) in [6.45, 7) is 0.718. The molecule has 0 atom stereocenters. The number of benzene rings is 1. The van der Waals surface area contributed by atoms with Crippen LogP contribution in [0.5, 0.6) is 5.75 Å². The minimum atomic E-state index is -1.25. The Morgan fingerprint density at radius 2 is 2.21 bits per heavy atom. The molecule has 0 saturated carbocycles. The summed E-state index contributed by atoms with van der Waals surface area (Å²) >= 11 is 5.84. The summed E-state index contributed by atoms with van der Waals surface area (Å²) in [4.78, 5) is 0. The highest BCUT2D eigenvalue weighted by molar-refractivity contribution is 6.32. The van der Waals surface area contributed by atoms with Crippen LogP contribution in [-0.2, 0) is 5.67 Å². The first-order chi connectivity index (χ1) is 6.65. The lowest BCUT2D eigenvalue weighted by atomic mass is 9.90. The van der Waals surface area contributed by atoms with E-state index in [2.05, 4.69) is 5.32 Å². The molecular formula is C10H11ClFNO. The second-order valence-corrected chi connectivity index (χ2v) is 3.83. The van der Waals surface area contributed by atoms with Crippen LogP contribution in [0.1, 0.15) is 5.56 Å². The molecule has 0 bridgehead atoms. The van der Waals surface area contributed by atoms with Crippen molar-refractivity contribution in [3.8, 4) is 5.75 Å². The van der Waals surface area contributed by atoms with Crippen molar-refractivity contribution < 1.29 is 9.13 Å². The van der Waals surface area contributed by atoms with Crippen molar-refractivity contribution in [2.24, 2.45) is 0 Å². The van der Waals surface area contributed by atoms with E-state index >= 15 is 0 Å². The van der Waals surface area contributed by atoms with Crippen LogP contribution in [0, 0.1) is 0 Å². The molecule has 1 fully saturated rings. The molecule has 1 aromatic rings. The first kappa shape index (κ1) is 9.74. The van der Waals surface area contributed by atoms with Crippen molar-refractivity contribution in [3.63, 3.8) is 0 Å². The molecule has 2 nitrogen and oxygen atoms in total. The number of halogens is 2. The second kappa shape index (κ2) is 3.41. The summed E-state index contributed by atoms with van der Waals surface area (Å²) in [5.74, 6) is 0.521. The summed E-state index contributed by atoms with van der Waals surface area (Å²) in [5.41, 5.74) is -0.629. The van der Waals surface area contributed by atoms with Crippen molar-refractivity contribution in [3.05, 3.63) is 28.8 Å². The Bertz CT molecular complexity index is 352. The van der Waals surface area contributed by atoms with Crippen LogP contribution in [0.3, 0.4) is 0 Å². The first-order valence-corrected chi connectivity index (χ1v) is 4.77. The third kappa shape index (κ3) is 1.47. The topological polar surface area (TPSA) is 21.3 Å². The molecule has 76 valence electrons. The lowest BCUT2D eigenvalue weighted by Gasteiger charge is -2.35. The second-order valence-electron chi connectivity index (χ2n) is 3.42. The summed E-state index contributed by atoms with van der Waals surface area (Å²) < 4.78 is 19.0. The Morgan fingerprint density at radius 3 is 2.71 bits per heavy atom. The van der Waals surface area contributed by atoms with Gasteiger partial charge in [0.25, 0.3) is 0 Å². The molecule has 0 radical (unpaired) electrons. The standard InChI is InChI=1S/C10H11ClFNO/c1-14-9-4-7(2-3-8(9)11)10(12)5-13-6-10/h2-4,13H,5-6H2,1H3. The maximum absolute atomic E-state index is 13.9. The van der Waals surface area contributed by atoms with Crippen LogP contribution >= 0.6 is 11.6 Å². The largest absolute Gasteiger partial charge is 0.495 e. The molecule has 0 unspecified atom stereocenters. The van der Waals surface area contributed by atoms with Crippen LogP contribution in [0.2, 0.25) is 5.02 Å². The molecule has 0 aliphatic carbocycles. The predicted octanol–water partition coefficient (Wildman–Crippen LogP) is 2.12. The zero-order valence-electron chi connectivity index (χ0n) is 7.81. The predicted molar refractivity (Wildman–Crippen MR) is 53.7 cm³/mol. The SMILES string of the molecule is COc1cc(C2(F)CNC2)ccc1Cl. The van der Waals surface area contributed by atoms with E-state index in [1.807, 2.05) is 0 Å². The Kier molecular flexibility index (Phi) is 2.37. The van der Waals surface area contributed by atoms with Gasteiger partial charge < -0.3 is 10.1 Å². The van der Waals surface area contributed by atoms with E-state index in [0.717, 1.165) is 0 Å². The zero-order chi connectivity index (χ0) is 10.2. The lowest BCUT2D eigenvalue weighted by molar-refractivity contribution is 0.0889. The number of hydrogen-bond acceptors (Lipinski definition) is 2. The van der Waals surface area contributed by atoms with Crippen molar-refractivity contribution in [1.82, 2.24) is 5.32 Å². The molecule has 0 aromatic heterocycles. The van der Waals surface area contributed by atoms with Gasteiger partial charge in [-0.3, -0.25) is 0 Å². The Balaban J connectivity index is 2.35. The molecule has 1 aliphatic heterocycles. The Hall–Kier alpha value is -0.800. The number of nitrogens with one attached hydrogen (secondary N) is 1. The molecule has 1 N–H and O–H groups in total. The van der Waals surface area contributed by atoms with Gasteiger partial charge in [0.2, 0.25) is 0 Å². The average molecular weight is 216 g/mol. The van der Waals surface area contributed by atoms with Crippen LogP contribution in [0.15, 0.2) is 18.2 Å². The van der Waals surface area contributed by atoms with Crippen molar-refractivity contribution in [2.45, 2.75) is 5.67 Å². The summed E-state index contributed by atoms with van der Waals surface area (Å²) in [6.07, 6.45) is 0. The van der Waals surface area contributed by atoms with Crippen LogP contribution < -0.4 is 10.1 Å². The van der Waals surface area contributed by atoms with Gasteiger partial charge in [0.1, 0.15) is 5.75 Å². The third-order valence-electron chi connectivity index (χ3n) is 2.48. The fourth-order valence-corrected chi connectivity index (χ4v) is 1.68. The normalized spacial score (nSPS) is 18.8. The van der Waals surface area contributed by atoms with Gasteiger partial charge in [-0.15, -0.1) is 0 Å². The number of methoxy groups -OCH3 is 1. The molecule has 2 rings (SSSR count). The van der Waals surface area contributed by atoms with Gasteiger partial charge in [0.05, 0.1) is 12.1 Å². The van der Waals surface area contributed by atoms with E-state index < -0.39 is 5.67 Å². The van der Waals surface area contributed by atoms with Gasteiger partial charge >= 0.3 is 0 Å². The zero-order valence-corrected chi connectivity index (χ0v) is 8.57. The molecule has 14 heavy (non-hydrogen) atoms.